The van der Waals surface area contributed by atoms with Crippen LogP contribution in [0.3, 0.4) is 0 Å². The Balaban J connectivity index is 1.29. The van der Waals surface area contributed by atoms with Crippen LogP contribution >= 0.6 is 11.8 Å². The molecule has 5 atom stereocenters. The van der Waals surface area contributed by atoms with E-state index in [1.54, 1.807) is 7.11 Å². The highest BCUT2D eigenvalue weighted by Crippen LogP contribution is 2.50. The molecule has 6 aromatic rings. The molecule has 7 rings (SSSR count). The molecule has 0 bridgehead atoms. The lowest BCUT2D eigenvalue weighted by molar-refractivity contribution is -0.160. The molecule has 1 fully saturated rings. The second kappa shape index (κ2) is 20.6. The largest absolute Gasteiger partial charge is 0.496 e. The van der Waals surface area contributed by atoms with Gasteiger partial charge < -0.3 is 23.7 Å². The molecule has 0 aliphatic carbocycles. The van der Waals surface area contributed by atoms with E-state index in [2.05, 4.69) is 147 Å². The van der Waals surface area contributed by atoms with Crippen LogP contribution in [-0.4, -0.2) is 37.3 Å². The molecule has 1 aliphatic rings. The van der Waals surface area contributed by atoms with Gasteiger partial charge in [-0.15, -0.1) is 11.8 Å². The zero-order valence-electron chi connectivity index (χ0n) is 33.3. The first-order valence-electron chi connectivity index (χ1n) is 20.1. The van der Waals surface area contributed by atoms with Crippen LogP contribution in [0.4, 0.5) is 0 Å². The molecule has 5 nitrogen and oxygen atoms in total. The van der Waals surface area contributed by atoms with Crippen molar-refractivity contribution in [2.24, 2.45) is 0 Å². The Morgan fingerprint density at radius 2 is 0.982 bits per heavy atom. The number of aryl methyl sites for hydroxylation is 2. The van der Waals surface area contributed by atoms with Crippen LogP contribution in [0.15, 0.2) is 158 Å². The summed E-state index contributed by atoms with van der Waals surface area (Å²) in [7, 11) is 1.77. The normalized spacial score (nSPS) is 19.3. The zero-order chi connectivity index (χ0) is 39.2. The molecule has 6 heteroatoms. The maximum atomic E-state index is 7.13. The van der Waals surface area contributed by atoms with Gasteiger partial charge in [-0.25, -0.2) is 0 Å². The average molecular weight is 779 g/mol. The topological polar surface area (TPSA) is 46.2 Å². The Morgan fingerprint density at radius 1 is 0.509 bits per heavy atom. The SMILES string of the molecule is CCc1ccc(Cc2cc([C@@H]3S[C@H](COCc4ccccc4)[C@@H](OCc4ccccc4)[C@H](OCc4ccccc4)[C@H]3OCc3ccccc3)c(OC)cc2C)cc1. The predicted molar refractivity (Wildman–Crippen MR) is 232 cm³/mol. The minimum absolute atomic E-state index is 0.0872. The van der Waals surface area contributed by atoms with Crippen LogP contribution in [-0.2, 0) is 58.2 Å². The summed E-state index contributed by atoms with van der Waals surface area (Å²) in [4.78, 5) is 0. The molecular weight excluding hydrogens is 725 g/mol. The molecule has 57 heavy (non-hydrogen) atoms. The third kappa shape index (κ3) is 11.0. The van der Waals surface area contributed by atoms with Crippen molar-refractivity contribution >= 4 is 11.8 Å². The first-order valence-corrected chi connectivity index (χ1v) is 21.0. The number of rotatable bonds is 18. The van der Waals surface area contributed by atoms with Gasteiger partial charge in [-0.05, 0) is 70.3 Å². The lowest BCUT2D eigenvalue weighted by Crippen LogP contribution is -2.54. The quantitative estimate of drug-likeness (QED) is 0.0866. The molecule has 1 saturated heterocycles. The third-order valence-electron chi connectivity index (χ3n) is 10.7. The van der Waals surface area contributed by atoms with E-state index in [0.29, 0.717) is 33.0 Å². The van der Waals surface area contributed by atoms with Crippen molar-refractivity contribution in [1.29, 1.82) is 0 Å². The number of ether oxygens (including phenoxy) is 5. The van der Waals surface area contributed by atoms with Gasteiger partial charge in [-0.3, -0.25) is 0 Å². The number of hydrogen-bond acceptors (Lipinski definition) is 6. The molecule has 0 N–H and O–H groups in total. The summed E-state index contributed by atoms with van der Waals surface area (Å²) in [5, 5.41) is -0.246. The molecule has 0 spiro atoms. The third-order valence-corrected chi connectivity index (χ3v) is 12.3. The first kappa shape index (κ1) is 40.5. The van der Waals surface area contributed by atoms with Gasteiger partial charge in [0.05, 0.1) is 50.6 Å². The fraction of sp³-hybridized carbons (Fsp3) is 0.294. The van der Waals surface area contributed by atoms with Crippen molar-refractivity contribution in [3.63, 3.8) is 0 Å². The standard InChI is InChI=1S/C51H54O5S/c1-4-38-25-27-39(28-26-38)30-44-31-45(46(52-3)29-37(44)2)51-50(56-35-43-23-15-8-16-24-43)49(55-34-42-21-13-7-14-22-42)48(54-33-41-19-11-6-12-20-41)47(57-51)36-53-32-40-17-9-5-10-18-40/h5-29,31,47-51H,4,30,32-36H2,1-3H3/t47-,48-,49+,50-,51+/m1/s1. The predicted octanol–water partition coefficient (Wildman–Crippen LogP) is 11.3. The van der Waals surface area contributed by atoms with Gasteiger partial charge in [-0.1, -0.05) is 159 Å². The second-order valence-electron chi connectivity index (χ2n) is 14.7. The molecule has 0 amide bonds. The maximum absolute atomic E-state index is 7.13. The van der Waals surface area contributed by atoms with Gasteiger partial charge in [0.25, 0.3) is 0 Å². The monoisotopic (exact) mass is 778 g/mol. The average Bonchev–Trinajstić information content (AvgIpc) is 3.26. The van der Waals surface area contributed by atoms with Crippen molar-refractivity contribution in [3.05, 3.63) is 208 Å². The highest BCUT2D eigenvalue weighted by atomic mass is 32.2. The molecule has 1 heterocycles. The number of hydrogen-bond donors (Lipinski definition) is 0. The molecule has 0 unspecified atom stereocenters. The number of thioether (sulfide) groups is 1. The fourth-order valence-electron chi connectivity index (χ4n) is 7.49. The highest BCUT2D eigenvalue weighted by Gasteiger charge is 2.49. The Bertz CT molecular complexity index is 2080. The summed E-state index contributed by atoms with van der Waals surface area (Å²) >= 11 is 1.85. The zero-order valence-corrected chi connectivity index (χ0v) is 34.1. The summed E-state index contributed by atoms with van der Waals surface area (Å²) in [6.07, 6.45) is 0.665. The van der Waals surface area contributed by atoms with Gasteiger partial charge in [0, 0.05) is 5.56 Å². The lowest BCUT2D eigenvalue weighted by atomic mass is 9.91. The molecule has 294 valence electrons. The van der Waals surface area contributed by atoms with Crippen molar-refractivity contribution in [1.82, 2.24) is 0 Å². The summed E-state index contributed by atoms with van der Waals surface area (Å²) in [5.41, 5.74) is 10.6. The van der Waals surface area contributed by atoms with E-state index in [4.69, 9.17) is 23.7 Å². The van der Waals surface area contributed by atoms with E-state index in [9.17, 15) is 0 Å². The first-order chi connectivity index (χ1) is 28.1. The number of methoxy groups -OCH3 is 1. The van der Waals surface area contributed by atoms with Gasteiger partial charge in [0.2, 0.25) is 0 Å². The van der Waals surface area contributed by atoms with E-state index in [-0.39, 0.29) is 16.6 Å². The summed E-state index contributed by atoms with van der Waals surface area (Å²) in [6.45, 7) is 6.64. The van der Waals surface area contributed by atoms with Gasteiger partial charge in [0.1, 0.15) is 24.1 Å². The summed E-state index contributed by atoms with van der Waals surface area (Å²) in [6, 6.07) is 55.0. The van der Waals surface area contributed by atoms with Crippen molar-refractivity contribution in [2.45, 2.75) is 81.9 Å². The minimum Gasteiger partial charge on any atom is -0.496 e. The lowest BCUT2D eigenvalue weighted by Gasteiger charge is -2.46. The highest BCUT2D eigenvalue weighted by molar-refractivity contribution is 8.00. The van der Waals surface area contributed by atoms with Gasteiger partial charge in [0.15, 0.2) is 0 Å². The van der Waals surface area contributed by atoms with E-state index >= 15 is 0 Å². The Labute approximate surface area is 343 Å². The van der Waals surface area contributed by atoms with E-state index in [1.807, 2.05) is 36.0 Å². The Hall–Kier alpha value is -4.69. The van der Waals surface area contributed by atoms with Crippen LogP contribution < -0.4 is 4.74 Å². The molecule has 1 aliphatic heterocycles. The van der Waals surface area contributed by atoms with Crippen LogP contribution in [0.1, 0.15) is 62.2 Å². The Kier molecular flexibility index (Phi) is 14.7. The second-order valence-corrected chi connectivity index (χ2v) is 16.1. The smallest absolute Gasteiger partial charge is 0.123 e. The van der Waals surface area contributed by atoms with Crippen molar-refractivity contribution < 1.29 is 23.7 Å². The van der Waals surface area contributed by atoms with Crippen LogP contribution in [0.2, 0.25) is 0 Å². The van der Waals surface area contributed by atoms with Crippen molar-refractivity contribution in [3.8, 4) is 5.75 Å². The van der Waals surface area contributed by atoms with Gasteiger partial charge >= 0.3 is 0 Å². The molecule has 0 saturated carbocycles. The van der Waals surface area contributed by atoms with E-state index in [0.717, 1.165) is 46.4 Å². The minimum atomic E-state index is -0.440. The molecule has 6 aromatic carbocycles. The van der Waals surface area contributed by atoms with Crippen LogP contribution in [0.25, 0.3) is 0 Å². The molecule has 0 aromatic heterocycles. The van der Waals surface area contributed by atoms with Crippen molar-refractivity contribution in [2.75, 3.05) is 13.7 Å². The maximum Gasteiger partial charge on any atom is 0.123 e. The fourth-order valence-corrected chi connectivity index (χ4v) is 9.15. The summed E-state index contributed by atoms with van der Waals surface area (Å²) in [5.74, 6) is 0.845. The van der Waals surface area contributed by atoms with E-state index < -0.39 is 12.2 Å². The molecule has 0 radical (unpaired) electrons. The Morgan fingerprint density at radius 3 is 1.49 bits per heavy atom. The van der Waals surface area contributed by atoms with Crippen LogP contribution in [0.5, 0.6) is 5.75 Å². The van der Waals surface area contributed by atoms with Crippen LogP contribution in [0, 0.1) is 6.92 Å². The summed E-state index contributed by atoms with van der Waals surface area (Å²) < 4.78 is 34.0. The van der Waals surface area contributed by atoms with Gasteiger partial charge in [-0.2, -0.15) is 0 Å². The number of benzene rings is 6. The molecular formula is C51H54O5S. The van der Waals surface area contributed by atoms with E-state index in [1.165, 1.54) is 22.3 Å².